The summed E-state index contributed by atoms with van der Waals surface area (Å²) in [6.07, 6.45) is 3.93. The van der Waals surface area contributed by atoms with Crippen LogP contribution in [0.2, 0.25) is 0 Å². The third-order valence-electron chi connectivity index (χ3n) is 7.11. The number of hydrogen-bond donors (Lipinski definition) is 1. The van der Waals surface area contributed by atoms with Crippen molar-refractivity contribution in [2.24, 2.45) is 4.99 Å². The molecular formula is C34H28F2N2O6. The molecule has 1 aliphatic heterocycles. The van der Waals surface area contributed by atoms with Crippen molar-refractivity contribution in [1.82, 2.24) is 0 Å². The van der Waals surface area contributed by atoms with E-state index in [4.69, 9.17) is 18.9 Å². The minimum atomic E-state index is -1.41. The van der Waals surface area contributed by atoms with E-state index < -0.39 is 35.2 Å². The summed E-state index contributed by atoms with van der Waals surface area (Å²) < 4.78 is 50.0. The number of anilines is 1. The van der Waals surface area contributed by atoms with Gasteiger partial charge in [-0.3, -0.25) is 9.79 Å². The van der Waals surface area contributed by atoms with Crippen molar-refractivity contribution in [1.29, 1.82) is 0 Å². The van der Waals surface area contributed by atoms with E-state index in [-0.39, 0.29) is 17.0 Å². The lowest BCUT2D eigenvalue weighted by Crippen LogP contribution is -2.36. The Morgan fingerprint density at radius 3 is 2.20 bits per heavy atom. The Morgan fingerprint density at radius 2 is 1.55 bits per heavy atom. The molecule has 0 fully saturated rings. The van der Waals surface area contributed by atoms with Gasteiger partial charge in [-0.15, -0.1) is 0 Å². The highest BCUT2D eigenvalue weighted by molar-refractivity contribution is 6.04. The number of methoxy groups -OCH3 is 3. The molecule has 0 aromatic heterocycles. The molecule has 2 unspecified atom stereocenters. The van der Waals surface area contributed by atoms with Gasteiger partial charge in [0.25, 0.3) is 5.91 Å². The van der Waals surface area contributed by atoms with E-state index in [1.54, 1.807) is 60.7 Å². The summed E-state index contributed by atoms with van der Waals surface area (Å²) in [6, 6.07) is 21.9. The third-order valence-corrected chi connectivity index (χ3v) is 7.11. The topological polar surface area (TPSA) is 95.5 Å². The molecule has 1 aliphatic rings. The second kappa shape index (κ2) is 12.8. The number of allylic oxidation sites excluding steroid dienone is 1. The van der Waals surface area contributed by atoms with Crippen LogP contribution < -0.4 is 19.5 Å². The van der Waals surface area contributed by atoms with Gasteiger partial charge in [-0.2, -0.15) is 0 Å². The zero-order valence-electron chi connectivity index (χ0n) is 24.0. The molecule has 0 bridgehead atoms. The number of rotatable bonds is 10. The molecule has 4 aromatic rings. The normalized spacial score (nSPS) is 15.8. The summed E-state index contributed by atoms with van der Waals surface area (Å²) in [5.41, 5.74) is 0.343. The molecule has 10 heteroatoms. The highest BCUT2D eigenvalue weighted by atomic mass is 19.2. The number of nitrogens with zero attached hydrogens (tertiary/aromatic N) is 1. The standard InChI is InChI=1S/C34H28F2N2O6/c1-41-29-14-11-23(19-30(29)42-2)34(16-7-17-37-34)33(40)38-24-12-15-28(25(20-24)32(39)43-3)44-31(21-8-5-4-6-9-21)22-10-13-26(35)27(36)18-22/h4-20,31H,1-3H3,(H,38,40). The van der Waals surface area contributed by atoms with Crippen molar-refractivity contribution >= 4 is 23.8 Å². The van der Waals surface area contributed by atoms with Gasteiger partial charge in [0.05, 0.1) is 21.3 Å². The Hall–Kier alpha value is -5.51. The number of ether oxygens (including phenoxy) is 4. The lowest BCUT2D eigenvalue weighted by atomic mass is 9.89. The average Bonchev–Trinajstić information content (AvgIpc) is 3.56. The molecule has 5 rings (SSSR count). The van der Waals surface area contributed by atoms with Crippen molar-refractivity contribution < 1.29 is 37.3 Å². The second-order valence-electron chi connectivity index (χ2n) is 9.71. The van der Waals surface area contributed by atoms with Gasteiger partial charge in [-0.1, -0.05) is 42.5 Å². The molecule has 44 heavy (non-hydrogen) atoms. The molecular weight excluding hydrogens is 570 g/mol. The van der Waals surface area contributed by atoms with Crippen LogP contribution in [-0.4, -0.2) is 39.4 Å². The monoisotopic (exact) mass is 598 g/mol. The number of amides is 1. The van der Waals surface area contributed by atoms with Crippen molar-refractivity contribution in [3.8, 4) is 17.2 Å². The largest absolute Gasteiger partial charge is 0.493 e. The predicted octanol–water partition coefficient (Wildman–Crippen LogP) is 6.41. The van der Waals surface area contributed by atoms with Crippen LogP contribution in [0, 0.1) is 11.6 Å². The first-order chi connectivity index (χ1) is 21.3. The van der Waals surface area contributed by atoms with E-state index in [1.165, 1.54) is 45.7 Å². The number of aliphatic imine (C=N–C) groups is 1. The maximum absolute atomic E-state index is 14.2. The van der Waals surface area contributed by atoms with Crippen LogP contribution in [-0.2, 0) is 15.1 Å². The summed E-state index contributed by atoms with van der Waals surface area (Å²) in [7, 11) is 4.22. The van der Waals surface area contributed by atoms with Crippen LogP contribution in [0.5, 0.6) is 17.2 Å². The number of hydrogen-bond acceptors (Lipinski definition) is 7. The van der Waals surface area contributed by atoms with Crippen molar-refractivity contribution in [3.63, 3.8) is 0 Å². The van der Waals surface area contributed by atoms with E-state index in [0.717, 1.165) is 12.1 Å². The Bertz CT molecular complexity index is 1740. The molecule has 0 saturated heterocycles. The zero-order valence-corrected chi connectivity index (χ0v) is 24.0. The maximum Gasteiger partial charge on any atom is 0.341 e. The Balaban J connectivity index is 1.49. The maximum atomic E-state index is 14.2. The van der Waals surface area contributed by atoms with Gasteiger partial charge in [0.15, 0.2) is 28.7 Å². The number of nitrogens with one attached hydrogen (secondary N) is 1. The van der Waals surface area contributed by atoms with E-state index in [0.29, 0.717) is 28.2 Å². The van der Waals surface area contributed by atoms with Crippen LogP contribution in [0.3, 0.4) is 0 Å². The van der Waals surface area contributed by atoms with Crippen molar-refractivity contribution in [2.75, 3.05) is 26.6 Å². The van der Waals surface area contributed by atoms with Gasteiger partial charge in [0.1, 0.15) is 17.4 Å². The minimum Gasteiger partial charge on any atom is -0.493 e. The van der Waals surface area contributed by atoms with E-state index >= 15 is 0 Å². The minimum absolute atomic E-state index is 0.000512. The molecule has 1 N–H and O–H groups in total. The fraction of sp³-hybridized carbons (Fsp3) is 0.147. The molecule has 4 aromatic carbocycles. The fourth-order valence-electron chi connectivity index (χ4n) is 4.86. The Kier molecular flexibility index (Phi) is 8.71. The molecule has 1 amide bonds. The lowest BCUT2D eigenvalue weighted by molar-refractivity contribution is -0.119. The molecule has 0 aliphatic carbocycles. The lowest BCUT2D eigenvalue weighted by Gasteiger charge is -2.25. The summed E-state index contributed by atoms with van der Waals surface area (Å²) in [6.45, 7) is 0. The molecule has 224 valence electrons. The van der Waals surface area contributed by atoms with Crippen LogP contribution in [0.15, 0.2) is 102 Å². The summed E-state index contributed by atoms with van der Waals surface area (Å²) in [4.78, 5) is 31.1. The van der Waals surface area contributed by atoms with Gasteiger partial charge in [-0.05, 0) is 71.3 Å². The zero-order chi connectivity index (χ0) is 31.3. The Labute approximate surface area is 252 Å². The van der Waals surface area contributed by atoms with Gasteiger partial charge < -0.3 is 24.3 Å². The van der Waals surface area contributed by atoms with Crippen LogP contribution in [0.1, 0.15) is 33.2 Å². The van der Waals surface area contributed by atoms with Crippen LogP contribution in [0.4, 0.5) is 14.5 Å². The molecule has 8 nitrogen and oxygen atoms in total. The average molecular weight is 599 g/mol. The van der Waals surface area contributed by atoms with Crippen LogP contribution in [0.25, 0.3) is 0 Å². The SMILES string of the molecule is COC(=O)c1cc(NC(=O)C2(c3ccc(OC)c(OC)c3)C=CC=N2)ccc1OC(c1ccccc1)c1ccc(F)c(F)c1. The van der Waals surface area contributed by atoms with Gasteiger partial charge >= 0.3 is 5.97 Å². The predicted molar refractivity (Wildman–Crippen MR) is 161 cm³/mol. The third kappa shape index (κ3) is 5.87. The second-order valence-corrected chi connectivity index (χ2v) is 9.71. The van der Waals surface area contributed by atoms with Crippen molar-refractivity contribution in [3.05, 3.63) is 131 Å². The number of carbonyl (C=O) groups is 2. The van der Waals surface area contributed by atoms with Crippen molar-refractivity contribution in [2.45, 2.75) is 11.6 Å². The number of halogens is 2. The van der Waals surface area contributed by atoms with Gasteiger partial charge in [0.2, 0.25) is 0 Å². The van der Waals surface area contributed by atoms with E-state index in [1.807, 2.05) is 6.07 Å². The van der Waals surface area contributed by atoms with Gasteiger partial charge in [-0.25, -0.2) is 13.6 Å². The van der Waals surface area contributed by atoms with E-state index in [2.05, 4.69) is 10.3 Å². The molecule has 2 atom stereocenters. The highest BCUT2D eigenvalue weighted by Crippen LogP contribution is 2.38. The smallest absolute Gasteiger partial charge is 0.341 e. The molecule has 1 heterocycles. The molecule has 0 saturated carbocycles. The molecule has 0 radical (unpaired) electrons. The number of esters is 1. The van der Waals surface area contributed by atoms with Crippen LogP contribution >= 0.6 is 0 Å². The first-order valence-electron chi connectivity index (χ1n) is 13.5. The highest BCUT2D eigenvalue weighted by Gasteiger charge is 2.39. The first-order valence-corrected chi connectivity index (χ1v) is 13.5. The first kappa shape index (κ1) is 30.0. The molecule has 0 spiro atoms. The van der Waals surface area contributed by atoms with E-state index in [9.17, 15) is 18.4 Å². The summed E-state index contributed by atoms with van der Waals surface area (Å²) in [5.74, 6) is -2.25. The number of benzene rings is 4. The fourth-order valence-corrected chi connectivity index (χ4v) is 4.86. The van der Waals surface area contributed by atoms with Gasteiger partial charge in [0, 0.05) is 11.9 Å². The quantitative estimate of drug-likeness (QED) is 0.212. The summed E-state index contributed by atoms with van der Waals surface area (Å²) in [5, 5.41) is 2.84. The summed E-state index contributed by atoms with van der Waals surface area (Å²) >= 11 is 0. The number of carbonyl (C=O) groups excluding carboxylic acids is 2. The Morgan fingerprint density at radius 1 is 0.795 bits per heavy atom.